The van der Waals surface area contributed by atoms with Crippen molar-refractivity contribution < 1.29 is 24.3 Å². The van der Waals surface area contributed by atoms with E-state index in [1.54, 1.807) is 30.3 Å². The van der Waals surface area contributed by atoms with Crippen molar-refractivity contribution >= 4 is 40.9 Å². The molecule has 6 unspecified atom stereocenters. The zero-order chi connectivity index (χ0) is 32.3. The number of nitrogens with zero attached hydrogens (tertiary/aromatic N) is 2. The number of carbonyl (C=O) groups excluding carboxylic acids is 4. The minimum absolute atomic E-state index is 0.0352. The molecule has 3 aromatic rings. The molecule has 3 aromatic carbocycles. The maximum atomic E-state index is 15.3. The van der Waals surface area contributed by atoms with Crippen LogP contribution in [0.3, 0.4) is 0 Å². The van der Waals surface area contributed by atoms with E-state index in [2.05, 4.69) is 6.58 Å². The number of halogens is 1. The summed E-state index contributed by atoms with van der Waals surface area (Å²) < 4.78 is 0. The molecule has 1 N–H and O–H groups in total. The molecule has 2 saturated heterocycles. The molecule has 3 fully saturated rings. The Morgan fingerprint density at radius 3 is 2.43 bits per heavy atom. The topological polar surface area (TPSA) is 95.0 Å². The first-order valence-electron chi connectivity index (χ1n) is 15.9. The first-order valence-corrected chi connectivity index (χ1v) is 16.3. The lowest BCUT2D eigenvalue weighted by Crippen LogP contribution is -2.53. The summed E-state index contributed by atoms with van der Waals surface area (Å²) in [5.74, 6) is -4.43. The van der Waals surface area contributed by atoms with Crippen molar-refractivity contribution in [3.8, 4) is 5.75 Å². The molecular weight excluding hydrogens is 600 g/mol. The van der Waals surface area contributed by atoms with Crippen molar-refractivity contribution in [2.45, 2.75) is 43.9 Å². The number of carbonyl (C=O) groups is 4. The Hall–Kier alpha value is -4.49. The van der Waals surface area contributed by atoms with Gasteiger partial charge in [0.25, 0.3) is 0 Å². The van der Waals surface area contributed by atoms with Crippen LogP contribution in [0.5, 0.6) is 5.75 Å². The molecule has 7 nitrogen and oxygen atoms in total. The largest absolute Gasteiger partial charge is 0.507 e. The molecule has 2 aliphatic heterocycles. The van der Waals surface area contributed by atoms with E-state index in [-0.39, 0.29) is 29.9 Å². The maximum absolute atomic E-state index is 15.3. The van der Waals surface area contributed by atoms with Crippen LogP contribution >= 0.6 is 11.6 Å². The van der Waals surface area contributed by atoms with Crippen molar-refractivity contribution in [1.29, 1.82) is 0 Å². The highest BCUT2D eigenvalue weighted by Crippen LogP contribution is 2.65. The average molecular weight is 635 g/mol. The first kappa shape index (κ1) is 30.2. The van der Waals surface area contributed by atoms with Gasteiger partial charge in [-0.25, -0.2) is 4.90 Å². The van der Waals surface area contributed by atoms with E-state index in [9.17, 15) is 19.5 Å². The number of para-hydroxylation sites is 1. The van der Waals surface area contributed by atoms with Crippen LogP contribution in [-0.4, -0.2) is 40.2 Å². The number of rotatable bonds is 7. The number of fused-ring (bicyclic) bond motifs is 4. The molecule has 46 heavy (non-hydrogen) atoms. The third-order valence-electron chi connectivity index (χ3n) is 10.5. The molecule has 2 heterocycles. The molecule has 0 spiro atoms. The Morgan fingerprint density at radius 2 is 1.72 bits per heavy atom. The van der Waals surface area contributed by atoms with Gasteiger partial charge in [-0.1, -0.05) is 90.8 Å². The fourth-order valence-corrected chi connectivity index (χ4v) is 8.95. The Bertz CT molecular complexity index is 1820. The molecule has 7 rings (SSSR count). The number of imide groups is 2. The molecule has 1 saturated carbocycles. The number of likely N-dealkylation sites (tertiary alicyclic amines) is 1. The summed E-state index contributed by atoms with van der Waals surface area (Å²) in [4.78, 5) is 60.1. The van der Waals surface area contributed by atoms with E-state index >= 15 is 4.79 Å². The van der Waals surface area contributed by atoms with Gasteiger partial charge in [-0.2, -0.15) is 0 Å². The van der Waals surface area contributed by atoms with Gasteiger partial charge in [-0.05, 0) is 60.9 Å². The smallest absolute Gasteiger partial charge is 0.246 e. The number of anilines is 1. The monoisotopic (exact) mass is 634 g/mol. The maximum Gasteiger partial charge on any atom is 0.246 e. The molecular formula is C38H35ClN2O5. The van der Waals surface area contributed by atoms with E-state index in [4.69, 9.17) is 11.6 Å². The molecule has 4 aliphatic rings. The normalized spacial score (nSPS) is 28.6. The van der Waals surface area contributed by atoms with Crippen molar-refractivity contribution in [3.63, 3.8) is 0 Å². The zero-order valence-corrected chi connectivity index (χ0v) is 26.3. The van der Waals surface area contributed by atoms with E-state index < -0.39 is 40.9 Å². The van der Waals surface area contributed by atoms with Crippen LogP contribution in [0, 0.1) is 23.7 Å². The molecule has 0 aromatic heterocycles. The van der Waals surface area contributed by atoms with Crippen LogP contribution in [0.1, 0.15) is 48.8 Å². The summed E-state index contributed by atoms with van der Waals surface area (Å²) >= 11 is 6.37. The highest BCUT2D eigenvalue weighted by molar-refractivity contribution is 6.32. The summed E-state index contributed by atoms with van der Waals surface area (Å²) in [6.45, 7) is 6.13. The summed E-state index contributed by atoms with van der Waals surface area (Å²) in [7, 11) is 0. The summed E-state index contributed by atoms with van der Waals surface area (Å²) in [5.41, 5.74) is 1.57. The predicted octanol–water partition coefficient (Wildman–Crippen LogP) is 6.35. The van der Waals surface area contributed by atoms with E-state index in [1.165, 1.54) is 9.80 Å². The Balaban J connectivity index is 1.51. The number of allylic oxidation sites excluding steroid dienone is 3. The van der Waals surface area contributed by atoms with Gasteiger partial charge >= 0.3 is 0 Å². The fraction of sp³-hybridized carbons (Fsp3) is 0.316. The third kappa shape index (κ3) is 4.17. The van der Waals surface area contributed by atoms with Gasteiger partial charge < -0.3 is 5.11 Å². The van der Waals surface area contributed by atoms with Crippen LogP contribution in [0.15, 0.2) is 97.1 Å². The number of aromatic hydroxyl groups is 1. The summed E-state index contributed by atoms with van der Waals surface area (Å²) in [6.07, 6.45) is 5.33. The molecule has 0 radical (unpaired) electrons. The lowest BCUT2D eigenvalue weighted by Gasteiger charge is -2.50. The predicted molar refractivity (Wildman–Crippen MR) is 175 cm³/mol. The quantitative estimate of drug-likeness (QED) is 0.242. The number of phenols is 1. The van der Waals surface area contributed by atoms with Crippen LogP contribution in [0.2, 0.25) is 5.02 Å². The number of benzene rings is 3. The summed E-state index contributed by atoms with van der Waals surface area (Å²) in [5, 5.41) is 12.3. The number of phenolic OH excluding ortho intramolecular Hbond substituents is 1. The lowest BCUT2D eigenvalue weighted by atomic mass is 9.49. The van der Waals surface area contributed by atoms with Crippen LogP contribution < -0.4 is 4.90 Å². The van der Waals surface area contributed by atoms with Crippen LogP contribution in [0.4, 0.5) is 5.69 Å². The minimum Gasteiger partial charge on any atom is -0.507 e. The van der Waals surface area contributed by atoms with Gasteiger partial charge in [-0.3, -0.25) is 24.1 Å². The van der Waals surface area contributed by atoms with E-state index in [1.807, 2.05) is 61.5 Å². The zero-order valence-electron chi connectivity index (χ0n) is 25.6. The third-order valence-corrected chi connectivity index (χ3v) is 10.8. The van der Waals surface area contributed by atoms with Crippen LogP contribution in [-0.2, 0) is 31.0 Å². The number of hydrogen-bond acceptors (Lipinski definition) is 5. The van der Waals surface area contributed by atoms with Crippen molar-refractivity contribution in [2.24, 2.45) is 23.7 Å². The lowest BCUT2D eigenvalue weighted by molar-refractivity contribution is -0.140. The molecule has 4 amide bonds. The van der Waals surface area contributed by atoms with Gasteiger partial charge in [0, 0.05) is 23.0 Å². The van der Waals surface area contributed by atoms with Gasteiger partial charge in [0.15, 0.2) is 0 Å². The fourth-order valence-electron chi connectivity index (χ4n) is 8.76. The van der Waals surface area contributed by atoms with Gasteiger partial charge in [0.1, 0.15) is 5.75 Å². The standard InChI is InChI=1S/C38H35ClN2O5/c1-3-10-22-11-8-16-28(33(22)42)32-26-17-18-27-31(36(45)40(19-4-2)34(27)43)29(26)21-30-35(44)41(25-15-9-14-24(39)20-25)37(46)38(30,32)23-12-6-5-7-13-23/h3,5-9,11-17,20,27,29-32,42H,1,4,10,18-19,21H2,2H3. The van der Waals surface area contributed by atoms with Gasteiger partial charge in [0.2, 0.25) is 23.6 Å². The van der Waals surface area contributed by atoms with Gasteiger partial charge in [-0.15, -0.1) is 6.58 Å². The molecule has 2 aliphatic carbocycles. The molecule has 8 heteroatoms. The summed E-state index contributed by atoms with van der Waals surface area (Å²) in [6, 6.07) is 21.5. The second kappa shape index (κ2) is 11.4. The van der Waals surface area contributed by atoms with Crippen molar-refractivity contribution in [2.75, 3.05) is 11.4 Å². The van der Waals surface area contributed by atoms with E-state index in [0.29, 0.717) is 53.2 Å². The van der Waals surface area contributed by atoms with Crippen LogP contribution in [0.25, 0.3) is 0 Å². The van der Waals surface area contributed by atoms with E-state index in [0.717, 1.165) is 5.57 Å². The second-order valence-corrected chi connectivity index (χ2v) is 13.2. The number of hydrogen-bond donors (Lipinski definition) is 1. The molecule has 6 atom stereocenters. The van der Waals surface area contributed by atoms with Crippen molar-refractivity contribution in [1.82, 2.24) is 4.90 Å². The Kier molecular flexibility index (Phi) is 7.47. The number of amides is 4. The Morgan fingerprint density at radius 1 is 0.957 bits per heavy atom. The Labute approximate surface area is 273 Å². The molecule has 234 valence electrons. The SMILES string of the molecule is C=CCc1cccc(C2C3=CCC4C(=O)N(CCC)C(=O)C4C3CC3C(=O)N(c4cccc(Cl)c4)C(=O)C32c2ccccc2)c1O. The first-order chi connectivity index (χ1) is 22.2. The second-order valence-electron chi connectivity index (χ2n) is 12.8. The highest BCUT2D eigenvalue weighted by Gasteiger charge is 2.70. The minimum atomic E-state index is -1.44. The molecule has 0 bridgehead atoms. The highest BCUT2D eigenvalue weighted by atomic mass is 35.5. The van der Waals surface area contributed by atoms with Crippen molar-refractivity contribution in [3.05, 3.63) is 119 Å². The average Bonchev–Trinajstić information content (AvgIpc) is 3.43. The van der Waals surface area contributed by atoms with Gasteiger partial charge in [0.05, 0.1) is 28.9 Å².